The summed E-state index contributed by atoms with van der Waals surface area (Å²) in [5, 5.41) is 2.19. The van der Waals surface area contributed by atoms with E-state index < -0.39 is 39.8 Å². The van der Waals surface area contributed by atoms with Gasteiger partial charge in [0.25, 0.3) is 21.9 Å². The minimum Gasteiger partial charge on any atom is -0.295 e. The summed E-state index contributed by atoms with van der Waals surface area (Å²) in [6.07, 6.45) is 2.21. The lowest BCUT2D eigenvalue weighted by Gasteiger charge is -2.27. The first kappa shape index (κ1) is 25.1. The fraction of sp³-hybridized carbons (Fsp3) is 0.333. The Kier molecular flexibility index (Phi) is 7.68. The summed E-state index contributed by atoms with van der Waals surface area (Å²) in [5.41, 5.74) is 0.536. The molecular formula is C24H24N2O7S2. The van der Waals surface area contributed by atoms with Crippen molar-refractivity contribution in [2.45, 2.75) is 47.9 Å². The van der Waals surface area contributed by atoms with Crippen LogP contribution in [0.5, 0.6) is 0 Å². The van der Waals surface area contributed by atoms with Crippen LogP contribution in [-0.4, -0.2) is 55.3 Å². The van der Waals surface area contributed by atoms with Crippen LogP contribution in [-0.2, 0) is 23.9 Å². The second-order valence-electron chi connectivity index (χ2n) is 8.12. The molecule has 0 aromatic heterocycles. The van der Waals surface area contributed by atoms with Gasteiger partial charge >= 0.3 is 0 Å². The number of carbonyl (C=O) groups excluding carboxylic acids is 4. The first-order valence-electron chi connectivity index (χ1n) is 11.2. The molecule has 2 aromatic carbocycles. The van der Waals surface area contributed by atoms with Crippen LogP contribution in [0.25, 0.3) is 0 Å². The van der Waals surface area contributed by atoms with Crippen molar-refractivity contribution in [1.29, 1.82) is 0 Å². The first-order valence-corrected chi connectivity index (χ1v) is 13.6. The molecule has 1 N–H and O–H groups in total. The van der Waals surface area contributed by atoms with Crippen LogP contribution >= 0.6 is 11.8 Å². The zero-order chi connectivity index (χ0) is 25.0. The van der Waals surface area contributed by atoms with E-state index >= 15 is 0 Å². The maximum absolute atomic E-state index is 13.1. The summed E-state index contributed by atoms with van der Waals surface area (Å²) >= 11 is 1.43. The maximum Gasteiger partial charge on any atom is 0.296 e. The fourth-order valence-corrected chi connectivity index (χ4v) is 6.04. The number of nitrogens with zero attached hydrogens (tertiary/aromatic N) is 1. The Balaban J connectivity index is 1.28. The monoisotopic (exact) mass is 516 g/mol. The molecule has 4 rings (SSSR count). The molecular weight excluding hydrogens is 492 g/mol. The number of thioether (sulfide) groups is 1. The molecule has 0 saturated carbocycles. The Hall–Kier alpha value is -3.02. The molecule has 35 heavy (non-hydrogen) atoms. The largest absolute Gasteiger partial charge is 0.296 e. The highest BCUT2D eigenvalue weighted by atomic mass is 32.2. The van der Waals surface area contributed by atoms with E-state index in [1.54, 1.807) is 36.4 Å². The fourth-order valence-electron chi connectivity index (χ4n) is 3.99. The van der Waals surface area contributed by atoms with Crippen LogP contribution in [0.4, 0.5) is 0 Å². The van der Waals surface area contributed by atoms with Gasteiger partial charge in [-0.05, 0) is 49.3 Å². The molecule has 0 radical (unpaired) electrons. The van der Waals surface area contributed by atoms with Crippen molar-refractivity contribution in [3.05, 3.63) is 59.7 Å². The van der Waals surface area contributed by atoms with Crippen molar-refractivity contribution in [1.82, 2.24) is 10.2 Å². The quantitative estimate of drug-likeness (QED) is 0.221. The van der Waals surface area contributed by atoms with Gasteiger partial charge in [0.2, 0.25) is 11.8 Å². The Labute approximate surface area is 207 Å². The summed E-state index contributed by atoms with van der Waals surface area (Å²) < 4.78 is 29.3. The predicted octanol–water partition coefficient (Wildman–Crippen LogP) is 2.76. The number of nitrogens with one attached hydrogen (secondary N) is 1. The van der Waals surface area contributed by atoms with Crippen molar-refractivity contribution in [3.8, 4) is 0 Å². The minimum absolute atomic E-state index is 0.0712. The smallest absolute Gasteiger partial charge is 0.295 e. The van der Waals surface area contributed by atoms with Crippen LogP contribution in [0.15, 0.2) is 58.3 Å². The highest BCUT2D eigenvalue weighted by molar-refractivity contribution is 7.99. The summed E-state index contributed by atoms with van der Waals surface area (Å²) in [6.45, 7) is 0.0799. The summed E-state index contributed by atoms with van der Waals surface area (Å²) in [6, 6.07) is 12.0. The van der Waals surface area contributed by atoms with Crippen molar-refractivity contribution in [2.75, 3.05) is 12.4 Å². The maximum atomic E-state index is 13.1. The minimum atomic E-state index is -3.76. The molecule has 1 saturated heterocycles. The number of carbonyl (C=O) groups is 4. The third-order valence-electron chi connectivity index (χ3n) is 5.75. The Morgan fingerprint density at radius 3 is 2.46 bits per heavy atom. The van der Waals surface area contributed by atoms with Crippen LogP contribution in [0, 0.1) is 0 Å². The highest BCUT2D eigenvalue weighted by Crippen LogP contribution is 2.34. The molecule has 4 amide bonds. The van der Waals surface area contributed by atoms with Gasteiger partial charge in [-0.25, -0.2) is 0 Å². The molecule has 0 spiro atoms. The first-order chi connectivity index (χ1) is 16.8. The molecule has 2 aromatic rings. The molecule has 11 heteroatoms. The number of hydrogen-bond acceptors (Lipinski definition) is 8. The average molecular weight is 517 g/mol. The van der Waals surface area contributed by atoms with Crippen LogP contribution in [0.3, 0.4) is 0 Å². The highest BCUT2D eigenvalue weighted by Gasteiger charge is 2.45. The molecule has 1 unspecified atom stereocenters. The number of rotatable bonds is 10. The normalized spacial score (nSPS) is 18.1. The van der Waals surface area contributed by atoms with Crippen molar-refractivity contribution >= 4 is 45.5 Å². The van der Waals surface area contributed by atoms with Gasteiger partial charge < -0.3 is 0 Å². The Bertz CT molecular complexity index is 1260. The van der Waals surface area contributed by atoms with Crippen LogP contribution < -0.4 is 5.32 Å². The zero-order valence-corrected chi connectivity index (χ0v) is 20.4. The molecule has 2 aliphatic heterocycles. The number of unbranched alkanes of at least 4 members (excludes halogenated alkanes) is 2. The van der Waals surface area contributed by atoms with Gasteiger partial charge in [0, 0.05) is 11.3 Å². The second kappa shape index (κ2) is 10.7. The van der Waals surface area contributed by atoms with Crippen molar-refractivity contribution in [3.63, 3.8) is 0 Å². The number of piperidine rings is 1. The lowest BCUT2D eigenvalue weighted by Crippen LogP contribution is -2.54. The molecule has 9 nitrogen and oxygen atoms in total. The van der Waals surface area contributed by atoms with Gasteiger partial charge in [-0.1, -0.05) is 30.7 Å². The molecule has 1 atom stereocenters. The third kappa shape index (κ3) is 5.47. The van der Waals surface area contributed by atoms with Gasteiger partial charge in [-0.3, -0.25) is 33.6 Å². The molecule has 0 bridgehead atoms. The second-order valence-corrected chi connectivity index (χ2v) is 10.9. The van der Waals surface area contributed by atoms with Gasteiger partial charge in [0.1, 0.15) is 6.04 Å². The molecule has 2 aliphatic rings. The molecule has 184 valence electrons. The van der Waals surface area contributed by atoms with E-state index in [1.807, 2.05) is 0 Å². The standard InChI is InChI=1S/C24H24N2O7S2/c27-20-13-12-18(22(28)25-20)26-23(29)17-10-7-11-19(21(17)24(26)30)34-15-6-2-5-14-33-35(31,32)16-8-3-1-4-9-16/h1,3-4,7-11,18H,2,5-6,12-15H2,(H,25,27,28). The third-order valence-corrected chi connectivity index (χ3v) is 8.22. The summed E-state index contributed by atoms with van der Waals surface area (Å²) in [4.78, 5) is 51.4. The van der Waals surface area contributed by atoms with Gasteiger partial charge in [0.15, 0.2) is 0 Å². The summed E-state index contributed by atoms with van der Waals surface area (Å²) in [7, 11) is -3.76. The Morgan fingerprint density at radius 1 is 0.943 bits per heavy atom. The number of fused-ring (bicyclic) bond motifs is 1. The van der Waals surface area contributed by atoms with Gasteiger partial charge in [0.05, 0.1) is 22.6 Å². The molecule has 2 heterocycles. The van der Waals surface area contributed by atoms with E-state index in [2.05, 4.69) is 5.32 Å². The van der Waals surface area contributed by atoms with Crippen LogP contribution in [0.1, 0.15) is 52.8 Å². The average Bonchev–Trinajstić information content (AvgIpc) is 3.09. The molecule has 0 aliphatic carbocycles. The number of imide groups is 2. The zero-order valence-electron chi connectivity index (χ0n) is 18.8. The number of hydrogen-bond donors (Lipinski definition) is 1. The number of benzene rings is 2. The van der Waals surface area contributed by atoms with Crippen molar-refractivity contribution < 1.29 is 31.8 Å². The van der Waals surface area contributed by atoms with E-state index in [0.717, 1.165) is 17.7 Å². The van der Waals surface area contributed by atoms with Crippen molar-refractivity contribution in [2.24, 2.45) is 0 Å². The lowest BCUT2D eigenvalue weighted by atomic mass is 10.0. The van der Waals surface area contributed by atoms with E-state index in [9.17, 15) is 27.6 Å². The van der Waals surface area contributed by atoms with E-state index in [4.69, 9.17) is 4.18 Å². The van der Waals surface area contributed by atoms with E-state index in [1.165, 1.54) is 23.9 Å². The topological polar surface area (TPSA) is 127 Å². The lowest BCUT2D eigenvalue weighted by molar-refractivity contribution is -0.136. The van der Waals surface area contributed by atoms with Gasteiger partial charge in [-0.15, -0.1) is 11.8 Å². The van der Waals surface area contributed by atoms with Gasteiger partial charge in [-0.2, -0.15) is 8.42 Å². The Morgan fingerprint density at radius 2 is 1.71 bits per heavy atom. The van der Waals surface area contributed by atoms with E-state index in [-0.39, 0.29) is 35.5 Å². The summed E-state index contributed by atoms with van der Waals surface area (Å²) in [5.74, 6) is -1.45. The number of amides is 4. The SMILES string of the molecule is O=C1CCC(N2C(=O)c3cccc(SCCCCCOS(=O)(=O)c4ccccc4)c3C2=O)C(=O)N1. The molecule has 1 fully saturated rings. The predicted molar refractivity (Wildman–Crippen MR) is 127 cm³/mol. The van der Waals surface area contributed by atoms with E-state index in [0.29, 0.717) is 17.1 Å². The van der Waals surface area contributed by atoms with Crippen LogP contribution in [0.2, 0.25) is 0 Å².